The van der Waals surface area contributed by atoms with Crippen LogP contribution in [0.15, 0.2) is 18.3 Å². The van der Waals surface area contributed by atoms with Crippen LogP contribution in [0.1, 0.15) is 49.9 Å². The molecule has 1 N–H and O–H groups in total. The Kier molecular flexibility index (Phi) is 5.46. The smallest absolute Gasteiger partial charge is 0.257 e. The highest BCUT2D eigenvalue weighted by Gasteiger charge is 2.28. The van der Waals surface area contributed by atoms with E-state index >= 15 is 0 Å². The van der Waals surface area contributed by atoms with Gasteiger partial charge in [0, 0.05) is 36.3 Å². The first-order valence-corrected chi connectivity index (χ1v) is 9.82. The van der Waals surface area contributed by atoms with Crippen LogP contribution in [-0.4, -0.2) is 45.9 Å². The van der Waals surface area contributed by atoms with Crippen LogP contribution >= 0.6 is 11.8 Å². The summed E-state index contributed by atoms with van der Waals surface area (Å²) < 4.78 is 0. The van der Waals surface area contributed by atoms with E-state index < -0.39 is 0 Å². The van der Waals surface area contributed by atoms with Gasteiger partial charge in [-0.2, -0.15) is 11.8 Å². The fourth-order valence-corrected chi connectivity index (χ4v) is 4.69. The third-order valence-electron chi connectivity index (χ3n) is 4.86. The Hall–Kier alpha value is -1.23. The zero-order chi connectivity index (χ0) is 16.2. The molecule has 4 nitrogen and oxygen atoms in total. The quantitative estimate of drug-likeness (QED) is 0.913. The maximum atomic E-state index is 13.0. The van der Waals surface area contributed by atoms with Crippen molar-refractivity contribution in [2.45, 2.75) is 50.8 Å². The van der Waals surface area contributed by atoms with E-state index in [0.29, 0.717) is 17.2 Å². The molecule has 1 saturated carbocycles. The van der Waals surface area contributed by atoms with Gasteiger partial charge in [0.2, 0.25) is 0 Å². The van der Waals surface area contributed by atoms with Gasteiger partial charge in [-0.15, -0.1) is 0 Å². The SMILES string of the molecule is CC(C)C1CN(C(=O)c2cccnc2NC2CCCC2)CCS1. The largest absolute Gasteiger partial charge is 0.367 e. The highest BCUT2D eigenvalue weighted by atomic mass is 32.2. The summed E-state index contributed by atoms with van der Waals surface area (Å²) in [5, 5.41) is 4.04. The Morgan fingerprint density at radius 3 is 2.91 bits per heavy atom. The lowest BCUT2D eigenvalue weighted by atomic mass is 10.1. The normalized spacial score (nSPS) is 22.6. The minimum absolute atomic E-state index is 0.129. The summed E-state index contributed by atoms with van der Waals surface area (Å²) in [4.78, 5) is 19.5. The summed E-state index contributed by atoms with van der Waals surface area (Å²) >= 11 is 1.99. The van der Waals surface area contributed by atoms with Gasteiger partial charge in [0.15, 0.2) is 0 Å². The van der Waals surface area contributed by atoms with E-state index in [2.05, 4.69) is 24.1 Å². The Morgan fingerprint density at radius 1 is 1.39 bits per heavy atom. The molecule has 3 rings (SSSR count). The van der Waals surface area contributed by atoms with Gasteiger partial charge in [0.1, 0.15) is 5.82 Å². The lowest BCUT2D eigenvalue weighted by Gasteiger charge is -2.34. The van der Waals surface area contributed by atoms with Crippen LogP contribution in [0, 0.1) is 5.92 Å². The standard InChI is InChI=1S/C18H27N3OS/c1-13(2)16-12-21(10-11-23-16)18(22)15-8-5-9-19-17(15)20-14-6-3-4-7-14/h5,8-9,13-14,16H,3-4,6-7,10-12H2,1-2H3,(H,19,20). The minimum Gasteiger partial charge on any atom is -0.367 e. The minimum atomic E-state index is 0.129. The van der Waals surface area contributed by atoms with Crippen molar-refractivity contribution in [3.8, 4) is 0 Å². The topological polar surface area (TPSA) is 45.2 Å². The molecule has 5 heteroatoms. The molecular weight excluding hydrogens is 306 g/mol. The average Bonchev–Trinajstić information content (AvgIpc) is 3.08. The zero-order valence-corrected chi connectivity index (χ0v) is 14.9. The van der Waals surface area contributed by atoms with Crippen molar-refractivity contribution in [2.24, 2.45) is 5.92 Å². The van der Waals surface area contributed by atoms with Gasteiger partial charge in [0.05, 0.1) is 5.56 Å². The van der Waals surface area contributed by atoms with Gasteiger partial charge in [-0.3, -0.25) is 4.79 Å². The Balaban J connectivity index is 1.73. The van der Waals surface area contributed by atoms with Crippen molar-refractivity contribution in [2.75, 3.05) is 24.2 Å². The molecule has 0 aromatic carbocycles. The van der Waals surface area contributed by atoms with Crippen LogP contribution in [0.5, 0.6) is 0 Å². The van der Waals surface area contributed by atoms with E-state index in [0.717, 1.165) is 30.2 Å². The van der Waals surface area contributed by atoms with E-state index in [1.807, 2.05) is 28.8 Å². The van der Waals surface area contributed by atoms with Crippen LogP contribution in [0.2, 0.25) is 0 Å². The first kappa shape index (κ1) is 16.6. The average molecular weight is 334 g/mol. The molecule has 1 aliphatic heterocycles. The summed E-state index contributed by atoms with van der Waals surface area (Å²) in [5.74, 6) is 2.52. The molecule has 1 saturated heterocycles. The first-order chi connectivity index (χ1) is 11.1. The monoisotopic (exact) mass is 333 g/mol. The summed E-state index contributed by atoms with van der Waals surface area (Å²) in [6.45, 7) is 6.16. The summed E-state index contributed by atoms with van der Waals surface area (Å²) in [7, 11) is 0. The van der Waals surface area contributed by atoms with Crippen LogP contribution in [0.4, 0.5) is 5.82 Å². The number of nitrogens with zero attached hydrogens (tertiary/aromatic N) is 2. The van der Waals surface area contributed by atoms with Crippen molar-refractivity contribution in [3.05, 3.63) is 23.9 Å². The van der Waals surface area contributed by atoms with Crippen LogP contribution in [0.25, 0.3) is 0 Å². The molecule has 1 aromatic heterocycles. The third-order valence-corrected chi connectivity index (χ3v) is 6.40. The van der Waals surface area contributed by atoms with Gasteiger partial charge in [-0.25, -0.2) is 4.98 Å². The summed E-state index contributed by atoms with van der Waals surface area (Å²) in [6, 6.07) is 4.25. The molecule has 0 bridgehead atoms. The highest BCUT2D eigenvalue weighted by Crippen LogP contribution is 2.28. The van der Waals surface area contributed by atoms with Crippen molar-refractivity contribution >= 4 is 23.5 Å². The van der Waals surface area contributed by atoms with E-state index in [9.17, 15) is 4.79 Å². The number of carbonyl (C=O) groups excluding carboxylic acids is 1. The molecule has 0 radical (unpaired) electrons. The molecule has 1 atom stereocenters. The Bertz CT molecular complexity index is 543. The van der Waals surface area contributed by atoms with Gasteiger partial charge < -0.3 is 10.2 Å². The number of rotatable bonds is 4. The van der Waals surface area contributed by atoms with Crippen molar-refractivity contribution in [1.29, 1.82) is 0 Å². The van der Waals surface area contributed by atoms with Gasteiger partial charge in [-0.05, 0) is 30.9 Å². The van der Waals surface area contributed by atoms with Crippen LogP contribution < -0.4 is 5.32 Å². The maximum absolute atomic E-state index is 13.0. The maximum Gasteiger partial charge on any atom is 0.257 e. The molecular formula is C18H27N3OS. The second-order valence-electron chi connectivity index (χ2n) is 6.93. The number of aromatic nitrogens is 1. The van der Waals surface area contributed by atoms with E-state index in [4.69, 9.17) is 0 Å². The third kappa shape index (κ3) is 4.00. The fraction of sp³-hybridized carbons (Fsp3) is 0.667. The predicted molar refractivity (Wildman–Crippen MR) is 97.1 cm³/mol. The molecule has 0 spiro atoms. The highest BCUT2D eigenvalue weighted by molar-refractivity contribution is 8.00. The van der Waals surface area contributed by atoms with Gasteiger partial charge >= 0.3 is 0 Å². The van der Waals surface area contributed by atoms with Crippen LogP contribution in [0.3, 0.4) is 0 Å². The molecule has 1 aliphatic carbocycles. The van der Waals surface area contributed by atoms with Gasteiger partial charge in [-0.1, -0.05) is 26.7 Å². The molecule has 1 amide bonds. The summed E-state index contributed by atoms with van der Waals surface area (Å²) in [6.07, 6.45) is 6.68. The Labute approximate surface area is 143 Å². The molecule has 23 heavy (non-hydrogen) atoms. The summed E-state index contributed by atoms with van der Waals surface area (Å²) in [5.41, 5.74) is 0.730. The molecule has 126 valence electrons. The number of carbonyl (C=O) groups is 1. The van der Waals surface area contributed by atoms with E-state index in [1.54, 1.807) is 6.20 Å². The first-order valence-electron chi connectivity index (χ1n) is 8.77. The number of anilines is 1. The molecule has 2 fully saturated rings. The van der Waals surface area contributed by atoms with Crippen molar-refractivity contribution in [3.63, 3.8) is 0 Å². The molecule has 1 aromatic rings. The number of amides is 1. The lowest BCUT2D eigenvalue weighted by molar-refractivity contribution is 0.0756. The number of hydrogen-bond acceptors (Lipinski definition) is 4. The number of nitrogens with one attached hydrogen (secondary N) is 1. The predicted octanol–water partition coefficient (Wildman–Crippen LogP) is 3.65. The van der Waals surface area contributed by atoms with Crippen molar-refractivity contribution in [1.82, 2.24) is 9.88 Å². The number of hydrogen-bond donors (Lipinski definition) is 1. The van der Waals surface area contributed by atoms with E-state index in [-0.39, 0.29) is 5.91 Å². The Morgan fingerprint density at radius 2 is 2.17 bits per heavy atom. The van der Waals surface area contributed by atoms with Crippen LogP contribution in [-0.2, 0) is 0 Å². The second kappa shape index (κ2) is 7.56. The van der Waals surface area contributed by atoms with E-state index in [1.165, 1.54) is 25.7 Å². The second-order valence-corrected chi connectivity index (χ2v) is 8.28. The molecule has 2 heterocycles. The fourth-order valence-electron chi connectivity index (χ4n) is 3.39. The number of thioether (sulfide) groups is 1. The number of pyridine rings is 1. The molecule has 2 aliphatic rings. The zero-order valence-electron chi connectivity index (χ0n) is 14.1. The molecule has 1 unspecified atom stereocenters. The lowest BCUT2D eigenvalue weighted by Crippen LogP contribution is -2.43. The van der Waals surface area contributed by atoms with Crippen molar-refractivity contribution < 1.29 is 4.79 Å². The van der Waals surface area contributed by atoms with Gasteiger partial charge in [0.25, 0.3) is 5.91 Å².